The molecule has 148 valence electrons. The Kier molecular flexibility index (Phi) is 4.92. The van der Waals surface area contributed by atoms with Crippen molar-refractivity contribution in [2.24, 2.45) is 5.92 Å². The summed E-state index contributed by atoms with van der Waals surface area (Å²) < 4.78 is 0. The van der Waals surface area contributed by atoms with E-state index in [1.807, 2.05) is 6.07 Å². The van der Waals surface area contributed by atoms with Gasteiger partial charge in [-0.25, -0.2) is 0 Å². The summed E-state index contributed by atoms with van der Waals surface area (Å²) in [6.07, 6.45) is 11.7. The number of nitrogens with zero attached hydrogens (tertiary/aromatic N) is 1. The highest BCUT2D eigenvalue weighted by atomic mass is 16.3. The van der Waals surface area contributed by atoms with Crippen molar-refractivity contribution in [3.8, 4) is 5.75 Å². The normalized spacial score (nSPS) is 29.1. The Bertz CT molecular complexity index is 816. The molecular weight excluding hydrogens is 342 g/mol. The molecule has 0 unspecified atom stereocenters. The number of aryl methyl sites for hydroxylation is 1. The second-order valence-electron chi connectivity index (χ2n) is 9.35. The SMILES string of the molecule is Oc1ccc2c(c1)[C@@]13CCCC[C@H]1[C@H](C2)N(CCCCc1ccccc1)CC3. The van der Waals surface area contributed by atoms with E-state index in [4.69, 9.17) is 0 Å². The van der Waals surface area contributed by atoms with Crippen LogP contribution in [0.15, 0.2) is 48.5 Å². The van der Waals surface area contributed by atoms with Gasteiger partial charge >= 0.3 is 0 Å². The maximum Gasteiger partial charge on any atom is 0.115 e. The number of fused-ring (bicyclic) bond motifs is 1. The zero-order valence-corrected chi connectivity index (χ0v) is 16.9. The van der Waals surface area contributed by atoms with Gasteiger partial charge in [0.05, 0.1) is 0 Å². The van der Waals surface area contributed by atoms with Crippen molar-refractivity contribution in [2.45, 2.75) is 69.2 Å². The molecule has 0 aromatic heterocycles. The fourth-order valence-corrected chi connectivity index (χ4v) is 6.64. The van der Waals surface area contributed by atoms with Crippen molar-refractivity contribution >= 4 is 0 Å². The Balaban J connectivity index is 1.30. The van der Waals surface area contributed by atoms with E-state index in [2.05, 4.69) is 47.4 Å². The summed E-state index contributed by atoms with van der Waals surface area (Å²) in [7, 11) is 0. The molecule has 1 heterocycles. The van der Waals surface area contributed by atoms with Crippen LogP contribution in [-0.4, -0.2) is 29.1 Å². The van der Waals surface area contributed by atoms with Gasteiger partial charge in [0.25, 0.3) is 0 Å². The van der Waals surface area contributed by atoms with Crippen LogP contribution in [0, 0.1) is 5.92 Å². The van der Waals surface area contributed by atoms with Crippen molar-refractivity contribution in [3.05, 3.63) is 65.2 Å². The summed E-state index contributed by atoms with van der Waals surface area (Å²) in [5, 5.41) is 10.2. The molecule has 0 radical (unpaired) electrons. The van der Waals surface area contributed by atoms with Gasteiger partial charge in [-0.2, -0.15) is 0 Å². The summed E-state index contributed by atoms with van der Waals surface area (Å²) in [5.74, 6) is 1.25. The Labute approximate surface area is 169 Å². The lowest BCUT2D eigenvalue weighted by Crippen LogP contribution is -2.61. The number of aromatic hydroxyl groups is 1. The van der Waals surface area contributed by atoms with E-state index in [0.29, 0.717) is 17.2 Å². The van der Waals surface area contributed by atoms with E-state index in [9.17, 15) is 5.11 Å². The molecule has 5 rings (SSSR count). The van der Waals surface area contributed by atoms with Gasteiger partial charge in [0.1, 0.15) is 5.75 Å². The minimum Gasteiger partial charge on any atom is -0.508 e. The Morgan fingerprint density at radius 3 is 2.79 bits per heavy atom. The number of phenols is 1. The fourth-order valence-electron chi connectivity index (χ4n) is 6.64. The molecule has 1 N–H and O–H groups in total. The van der Waals surface area contributed by atoms with E-state index in [1.54, 1.807) is 0 Å². The van der Waals surface area contributed by atoms with Crippen LogP contribution in [0.4, 0.5) is 0 Å². The second-order valence-corrected chi connectivity index (χ2v) is 9.35. The highest BCUT2D eigenvalue weighted by Gasteiger charge is 2.53. The lowest BCUT2D eigenvalue weighted by Gasteiger charge is -2.59. The summed E-state index contributed by atoms with van der Waals surface area (Å²) in [6.45, 7) is 2.49. The zero-order valence-electron chi connectivity index (χ0n) is 16.9. The largest absolute Gasteiger partial charge is 0.508 e. The number of unbranched alkanes of at least 4 members (excludes halogenated alkanes) is 1. The van der Waals surface area contributed by atoms with Crippen LogP contribution >= 0.6 is 0 Å². The Hall–Kier alpha value is -1.80. The first-order valence-corrected chi connectivity index (χ1v) is 11.4. The number of hydrogen-bond donors (Lipinski definition) is 1. The lowest BCUT2D eigenvalue weighted by atomic mass is 9.52. The van der Waals surface area contributed by atoms with Crippen molar-refractivity contribution in [3.63, 3.8) is 0 Å². The number of benzene rings is 2. The van der Waals surface area contributed by atoms with Crippen LogP contribution in [0.5, 0.6) is 5.75 Å². The molecule has 1 aliphatic heterocycles. The molecule has 2 nitrogen and oxygen atoms in total. The quantitative estimate of drug-likeness (QED) is 0.700. The number of rotatable bonds is 5. The van der Waals surface area contributed by atoms with Crippen LogP contribution in [0.1, 0.15) is 61.6 Å². The third kappa shape index (κ3) is 3.16. The fraction of sp³-hybridized carbons (Fsp3) is 0.538. The van der Waals surface area contributed by atoms with Gasteiger partial charge < -0.3 is 5.11 Å². The lowest BCUT2D eigenvalue weighted by molar-refractivity contribution is -0.0119. The minimum atomic E-state index is 0.343. The molecule has 2 aromatic rings. The van der Waals surface area contributed by atoms with E-state index in [0.717, 1.165) is 5.92 Å². The molecule has 0 spiro atoms. The van der Waals surface area contributed by atoms with Gasteiger partial charge in [0.15, 0.2) is 0 Å². The summed E-state index contributed by atoms with van der Waals surface area (Å²) in [5.41, 5.74) is 4.82. The first-order valence-electron chi connectivity index (χ1n) is 11.4. The molecule has 1 saturated carbocycles. The van der Waals surface area contributed by atoms with Crippen molar-refractivity contribution in [1.29, 1.82) is 0 Å². The van der Waals surface area contributed by atoms with Gasteiger partial charge in [-0.3, -0.25) is 4.90 Å². The summed E-state index contributed by atoms with van der Waals surface area (Å²) >= 11 is 0. The van der Waals surface area contributed by atoms with Crippen molar-refractivity contribution < 1.29 is 5.11 Å². The van der Waals surface area contributed by atoms with Crippen molar-refractivity contribution in [2.75, 3.05) is 13.1 Å². The monoisotopic (exact) mass is 375 g/mol. The van der Waals surface area contributed by atoms with Gasteiger partial charge in [-0.05, 0) is 92.8 Å². The highest BCUT2D eigenvalue weighted by molar-refractivity contribution is 5.45. The van der Waals surface area contributed by atoms with Gasteiger partial charge in [0.2, 0.25) is 0 Å². The highest BCUT2D eigenvalue weighted by Crippen LogP contribution is 2.56. The molecule has 2 aromatic carbocycles. The predicted molar refractivity (Wildman–Crippen MR) is 115 cm³/mol. The van der Waals surface area contributed by atoms with Crippen LogP contribution in [-0.2, 0) is 18.3 Å². The number of phenolic OH excluding ortho intramolecular Hbond substituents is 1. The third-order valence-electron chi connectivity index (χ3n) is 7.94. The van der Waals surface area contributed by atoms with Gasteiger partial charge in [-0.15, -0.1) is 0 Å². The smallest absolute Gasteiger partial charge is 0.115 e. The molecule has 2 aliphatic carbocycles. The Morgan fingerprint density at radius 1 is 1.00 bits per heavy atom. The van der Waals surface area contributed by atoms with Crippen molar-refractivity contribution in [1.82, 2.24) is 4.90 Å². The first kappa shape index (κ1) is 18.2. The van der Waals surface area contributed by atoms with Crippen LogP contribution in [0.25, 0.3) is 0 Å². The third-order valence-corrected chi connectivity index (χ3v) is 7.94. The molecule has 1 saturated heterocycles. The van der Waals surface area contributed by atoms with Crippen LogP contribution in [0.2, 0.25) is 0 Å². The molecule has 2 fully saturated rings. The minimum absolute atomic E-state index is 0.343. The standard InChI is InChI=1S/C26H33NO/c28-22-13-12-21-18-25-23-11-4-6-14-26(23,24(21)19-22)15-17-27(25)16-7-5-10-20-8-2-1-3-9-20/h1-3,8-9,12-13,19,23,25,28H,4-7,10-11,14-18H2/t23-,25-,26+/m0/s1. The van der Waals surface area contributed by atoms with Gasteiger partial charge in [-0.1, -0.05) is 49.2 Å². The Morgan fingerprint density at radius 2 is 1.89 bits per heavy atom. The summed E-state index contributed by atoms with van der Waals surface area (Å²) in [4.78, 5) is 2.83. The number of hydrogen-bond acceptors (Lipinski definition) is 2. The van der Waals surface area contributed by atoms with Crippen LogP contribution in [0.3, 0.4) is 0 Å². The molecule has 2 bridgehead atoms. The molecular formula is C26H33NO. The molecule has 3 atom stereocenters. The summed E-state index contributed by atoms with van der Waals surface area (Å²) in [6, 6.07) is 17.9. The number of likely N-dealkylation sites (tertiary alicyclic amines) is 1. The predicted octanol–water partition coefficient (Wildman–Crippen LogP) is 5.47. The van der Waals surface area contributed by atoms with Crippen LogP contribution < -0.4 is 0 Å². The molecule has 2 heteroatoms. The van der Waals surface area contributed by atoms with Gasteiger partial charge in [0, 0.05) is 11.5 Å². The maximum absolute atomic E-state index is 10.2. The molecule has 28 heavy (non-hydrogen) atoms. The molecule has 0 amide bonds. The first-order chi connectivity index (χ1) is 13.8. The second kappa shape index (κ2) is 7.55. The van der Waals surface area contributed by atoms with E-state index in [1.165, 1.54) is 87.6 Å². The zero-order chi connectivity index (χ0) is 19.0. The maximum atomic E-state index is 10.2. The van der Waals surface area contributed by atoms with E-state index < -0.39 is 0 Å². The molecule has 3 aliphatic rings. The average molecular weight is 376 g/mol. The van der Waals surface area contributed by atoms with E-state index in [-0.39, 0.29) is 0 Å². The average Bonchev–Trinajstić information content (AvgIpc) is 2.74. The topological polar surface area (TPSA) is 23.5 Å². The van der Waals surface area contributed by atoms with E-state index >= 15 is 0 Å². The number of piperidine rings is 1.